The molecule has 2 unspecified atom stereocenters. The van der Waals surface area contributed by atoms with E-state index >= 15 is 0 Å². The van der Waals surface area contributed by atoms with E-state index in [1.54, 1.807) is 22.9 Å². The first-order valence-corrected chi connectivity index (χ1v) is 10.5. The van der Waals surface area contributed by atoms with Crippen molar-refractivity contribution in [2.45, 2.75) is 43.0 Å². The van der Waals surface area contributed by atoms with Gasteiger partial charge in [0.2, 0.25) is 0 Å². The van der Waals surface area contributed by atoms with Gasteiger partial charge in [0.15, 0.2) is 0 Å². The Morgan fingerprint density at radius 2 is 2.06 bits per heavy atom. The van der Waals surface area contributed by atoms with Crippen LogP contribution in [0.3, 0.4) is 0 Å². The van der Waals surface area contributed by atoms with Crippen molar-refractivity contribution in [3.63, 3.8) is 0 Å². The lowest BCUT2D eigenvalue weighted by molar-refractivity contribution is -0.138. The summed E-state index contributed by atoms with van der Waals surface area (Å²) in [5, 5.41) is 13.3. The van der Waals surface area contributed by atoms with Crippen LogP contribution < -0.4 is 5.32 Å². The molecule has 2 atom stereocenters. The molecular weight excluding hydrogens is 444 g/mol. The van der Waals surface area contributed by atoms with Crippen LogP contribution in [0.25, 0.3) is 5.65 Å². The standard InChI is InChI=1S/C22H20F4N4O3/c23-16-7-14(22(24,25)26)9-27-18(16)21(4-6-33-11-17(21)31)29-20(32)15-3-5-30-10-13(12-1-2-12)8-28-19(15)30/h3,5,7-10,12,17,31H,1-2,4,6,11H2,(H,29,32). The van der Waals surface area contributed by atoms with Gasteiger partial charge in [0.1, 0.15) is 28.8 Å². The minimum Gasteiger partial charge on any atom is -0.388 e. The van der Waals surface area contributed by atoms with Crippen molar-refractivity contribution in [1.29, 1.82) is 0 Å². The summed E-state index contributed by atoms with van der Waals surface area (Å²) in [6, 6.07) is 1.86. The molecule has 5 rings (SSSR count). The molecule has 7 nitrogen and oxygen atoms in total. The summed E-state index contributed by atoms with van der Waals surface area (Å²) in [6.07, 6.45) is 1.65. The van der Waals surface area contributed by atoms with E-state index < -0.39 is 40.8 Å². The highest BCUT2D eigenvalue weighted by molar-refractivity contribution is 6.00. The molecular formula is C22H20F4N4O3. The average molecular weight is 464 g/mol. The van der Waals surface area contributed by atoms with Crippen LogP contribution in [0.4, 0.5) is 17.6 Å². The van der Waals surface area contributed by atoms with Gasteiger partial charge in [0, 0.05) is 37.8 Å². The maximum atomic E-state index is 14.9. The Morgan fingerprint density at radius 3 is 2.73 bits per heavy atom. The normalized spacial score (nSPS) is 23.6. The summed E-state index contributed by atoms with van der Waals surface area (Å²) in [5.74, 6) is -1.47. The summed E-state index contributed by atoms with van der Waals surface area (Å²) >= 11 is 0. The Hall–Kier alpha value is -3.05. The molecule has 1 saturated heterocycles. The van der Waals surface area contributed by atoms with Gasteiger partial charge in [0.25, 0.3) is 5.91 Å². The molecule has 2 aliphatic rings. The van der Waals surface area contributed by atoms with Crippen molar-refractivity contribution in [3.05, 3.63) is 65.1 Å². The lowest BCUT2D eigenvalue weighted by atomic mass is 9.82. The van der Waals surface area contributed by atoms with Gasteiger partial charge in [-0.15, -0.1) is 0 Å². The first-order valence-electron chi connectivity index (χ1n) is 10.5. The van der Waals surface area contributed by atoms with Gasteiger partial charge in [-0.2, -0.15) is 13.2 Å². The minimum absolute atomic E-state index is 0.0407. The summed E-state index contributed by atoms with van der Waals surface area (Å²) in [4.78, 5) is 21.3. The average Bonchev–Trinajstić information content (AvgIpc) is 3.53. The number of nitrogens with one attached hydrogen (secondary N) is 1. The Morgan fingerprint density at radius 1 is 1.27 bits per heavy atom. The number of aliphatic hydroxyl groups excluding tert-OH is 1. The van der Waals surface area contributed by atoms with Gasteiger partial charge in [-0.1, -0.05) is 0 Å². The molecule has 0 spiro atoms. The number of fused-ring (bicyclic) bond motifs is 1. The molecule has 33 heavy (non-hydrogen) atoms. The first-order chi connectivity index (χ1) is 15.7. The summed E-state index contributed by atoms with van der Waals surface area (Å²) in [6.45, 7) is -0.207. The number of hydrogen-bond acceptors (Lipinski definition) is 5. The molecule has 0 radical (unpaired) electrons. The fraction of sp³-hybridized carbons (Fsp3) is 0.409. The van der Waals surface area contributed by atoms with E-state index in [1.807, 2.05) is 6.20 Å². The number of amides is 1. The third-order valence-electron chi connectivity index (χ3n) is 6.22. The Labute approximate surface area is 185 Å². The number of carbonyl (C=O) groups excluding carboxylic acids is 1. The monoisotopic (exact) mass is 464 g/mol. The molecule has 2 N–H and O–H groups in total. The van der Waals surface area contributed by atoms with E-state index in [0.29, 0.717) is 23.8 Å². The number of aromatic nitrogens is 3. The number of rotatable bonds is 4. The van der Waals surface area contributed by atoms with Crippen LogP contribution in [0.2, 0.25) is 0 Å². The highest BCUT2D eigenvalue weighted by Gasteiger charge is 2.47. The summed E-state index contributed by atoms with van der Waals surface area (Å²) in [5.41, 5.74) is -1.89. The number of halogens is 4. The van der Waals surface area contributed by atoms with Gasteiger partial charge in [-0.05, 0) is 36.5 Å². The molecule has 11 heteroatoms. The second-order valence-corrected chi connectivity index (χ2v) is 8.44. The van der Waals surface area contributed by atoms with Gasteiger partial charge in [0.05, 0.1) is 17.7 Å². The number of pyridine rings is 1. The molecule has 2 fully saturated rings. The highest BCUT2D eigenvalue weighted by atomic mass is 19.4. The second-order valence-electron chi connectivity index (χ2n) is 8.44. The maximum absolute atomic E-state index is 14.9. The molecule has 1 amide bonds. The molecule has 1 saturated carbocycles. The molecule has 3 aromatic heterocycles. The largest absolute Gasteiger partial charge is 0.417 e. The fourth-order valence-corrected chi connectivity index (χ4v) is 4.22. The molecule has 3 aromatic rings. The zero-order chi connectivity index (χ0) is 23.4. The fourth-order valence-electron chi connectivity index (χ4n) is 4.22. The Kier molecular flexibility index (Phi) is 5.13. The van der Waals surface area contributed by atoms with E-state index in [0.717, 1.165) is 18.4 Å². The molecule has 4 heterocycles. The van der Waals surface area contributed by atoms with E-state index in [2.05, 4.69) is 15.3 Å². The smallest absolute Gasteiger partial charge is 0.388 e. The molecule has 1 aliphatic heterocycles. The van der Waals surface area contributed by atoms with Crippen molar-refractivity contribution in [3.8, 4) is 0 Å². The van der Waals surface area contributed by atoms with Gasteiger partial charge in [-0.3, -0.25) is 9.78 Å². The number of carbonyl (C=O) groups is 1. The van der Waals surface area contributed by atoms with Gasteiger partial charge < -0.3 is 19.6 Å². The second kappa shape index (κ2) is 7.77. The van der Waals surface area contributed by atoms with E-state index in [4.69, 9.17) is 4.74 Å². The quantitative estimate of drug-likeness (QED) is 0.579. The number of hydrogen-bond donors (Lipinski definition) is 2. The van der Waals surface area contributed by atoms with E-state index in [1.165, 1.54) is 0 Å². The SMILES string of the molecule is O=C(NC1(c2ncc(C(F)(F)F)cc2F)CCOCC1O)c1ccn2cc(C3CC3)cnc12. The van der Waals surface area contributed by atoms with Gasteiger partial charge in [-0.25, -0.2) is 9.37 Å². The third-order valence-corrected chi connectivity index (χ3v) is 6.22. The van der Waals surface area contributed by atoms with Crippen molar-refractivity contribution >= 4 is 11.6 Å². The van der Waals surface area contributed by atoms with Crippen LogP contribution in [0.1, 0.15) is 52.4 Å². The number of nitrogens with zero attached hydrogens (tertiary/aromatic N) is 3. The Balaban J connectivity index is 1.51. The predicted octanol–water partition coefficient (Wildman–Crippen LogP) is 3.17. The summed E-state index contributed by atoms with van der Waals surface area (Å²) in [7, 11) is 0. The number of alkyl halides is 3. The molecule has 174 valence electrons. The number of aliphatic hydroxyl groups is 1. The molecule has 0 bridgehead atoms. The van der Waals surface area contributed by atoms with Crippen LogP contribution >= 0.6 is 0 Å². The van der Waals surface area contributed by atoms with Crippen LogP contribution in [0.5, 0.6) is 0 Å². The van der Waals surface area contributed by atoms with Crippen molar-refractivity contribution < 1.29 is 32.2 Å². The van der Waals surface area contributed by atoms with E-state index in [-0.39, 0.29) is 25.2 Å². The van der Waals surface area contributed by atoms with Crippen LogP contribution in [-0.2, 0) is 16.5 Å². The predicted molar refractivity (Wildman–Crippen MR) is 107 cm³/mol. The maximum Gasteiger partial charge on any atom is 0.417 e. The lowest BCUT2D eigenvalue weighted by Crippen LogP contribution is -2.59. The molecule has 1 aliphatic carbocycles. The van der Waals surface area contributed by atoms with Crippen molar-refractivity contribution in [2.75, 3.05) is 13.2 Å². The zero-order valence-electron chi connectivity index (χ0n) is 17.3. The topological polar surface area (TPSA) is 88.8 Å². The Bertz CT molecular complexity index is 1220. The van der Waals surface area contributed by atoms with E-state index in [9.17, 15) is 27.5 Å². The molecule has 0 aromatic carbocycles. The highest BCUT2D eigenvalue weighted by Crippen LogP contribution is 2.40. The number of ether oxygens (including phenoxy) is 1. The van der Waals surface area contributed by atoms with Gasteiger partial charge >= 0.3 is 6.18 Å². The van der Waals surface area contributed by atoms with Crippen molar-refractivity contribution in [2.24, 2.45) is 0 Å². The third kappa shape index (κ3) is 3.84. The van der Waals surface area contributed by atoms with Crippen molar-refractivity contribution in [1.82, 2.24) is 19.7 Å². The minimum atomic E-state index is -4.78. The van der Waals surface area contributed by atoms with Crippen LogP contribution in [-0.4, -0.2) is 44.7 Å². The van der Waals surface area contributed by atoms with Crippen LogP contribution in [0, 0.1) is 5.82 Å². The van der Waals surface area contributed by atoms with Crippen LogP contribution in [0.15, 0.2) is 36.9 Å². The lowest BCUT2D eigenvalue weighted by Gasteiger charge is -2.41. The zero-order valence-corrected chi connectivity index (χ0v) is 17.3. The summed E-state index contributed by atoms with van der Waals surface area (Å²) < 4.78 is 60.8. The first kappa shape index (κ1) is 21.8.